The highest BCUT2D eigenvalue weighted by Gasteiger charge is 2.46. The monoisotopic (exact) mass is 284 g/mol. The van der Waals surface area contributed by atoms with Crippen LogP contribution in [0.2, 0.25) is 0 Å². The van der Waals surface area contributed by atoms with Gasteiger partial charge in [0, 0.05) is 12.6 Å². The molecular formula is C15H28N2O3. The largest absolute Gasteiger partial charge is 0.481 e. The van der Waals surface area contributed by atoms with Gasteiger partial charge in [-0.3, -0.25) is 4.79 Å². The summed E-state index contributed by atoms with van der Waals surface area (Å²) in [7, 11) is 0. The molecule has 0 saturated heterocycles. The minimum Gasteiger partial charge on any atom is -0.481 e. The third-order valence-corrected chi connectivity index (χ3v) is 4.87. The summed E-state index contributed by atoms with van der Waals surface area (Å²) < 4.78 is 0. The first kappa shape index (κ1) is 16.8. The molecule has 1 saturated carbocycles. The number of urea groups is 1. The van der Waals surface area contributed by atoms with E-state index in [0.717, 1.165) is 19.3 Å². The lowest BCUT2D eigenvalue weighted by Gasteiger charge is -2.46. The molecule has 3 N–H and O–H groups in total. The predicted molar refractivity (Wildman–Crippen MR) is 78.5 cm³/mol. The van der Waals surface area contributed by atoms with E-state index in [0.29, 0.717) is 13.0 Å². The average molecular weight is 284 g/mol. The number of unbranched alkanes of at least 4 members (excludes halogenated alkanes) is 1. The minimum absolute atomic E-state index is 0.0437. The summed E-state index contributed by atoms with van der Waals surface area (Å²) in [6.07, 6.45) is 3.36. The summed E-state index contributed by atoms with van der Waals surface area (Å²) in [4.78, 5) is 23.1. The fourth-order valence-corrected chi connectivity index (χ4v) is 3.04. The normalized spacial score (nSPS) is 28.7. The third kappa shape index (κ3) is 3.87. The summed E-state index contributed by atoms with van der Waals surface area (Å²) >= 11 is 0. The average Bonchev–Trinajstić information content (AvgIpc) is 2.35. The van der Waals surface area contributed by atoms with Gasteiger partial charge in [-0.15, -0.1) is 0 Å². The molecule has 0 radical (unpaired) electrons. The zero-order valence-corrected chi connectivity index (χ0v) is 13.0. The first-order valence-corrected chi connectivity index (χ1v) is 7.57. The van der Waals surface area contributed by atoms with Gasteiger partial charge in [0.05, 0.1) is 5.92 Å². The van der Waals surface area contributed by atoms with Crippen LogP contribution in [-0.2, 0) is 4.79 Å². The van der Waals surface area contributed by atoms with Crippen LogP contribution < -0.4 is 10.6 Å². The van der Waals surface area contributed by atoms with Crippen molar-refractivity contribution in [3.8, 4) is 0 Å². The van der Waals surface area contributed by atoms with Gasteiger partial charge in [-0.2, -0.15) is 0 Å². The predicted octanol–water partition coefficient (Wildman–Crippen LogP) is 2.61. The highest BCUT2D eigenvalue weighted by atomic mass is 16.4. The quantitative estimate of drug-likeness (QED) is 0.679. The Kier molecular flexibility index (Phi) is 5.84. The number of carboxylic acids is 1. The van der Waals surface area contributed by atoms with E-state index in [4.69, 9.17) is 0 Å². The van der Waals surface area contributed by atoms with Crippen LogP contribution in [0.4, 0.5) is 4.79 Å². The van der Waals surface area contributed by atoms with E-state index >= 15 is 0 Å². The maximum Gasteiger partial charge on any atom is 0.315 e. The van der Waals surface area contributed by atoms with E-state index < -0.39 is 5.97 Å². The maximum absolute atomic E-state index is 11.8. The summed E-state index contributed by atoms with van der Waals surface area (Å²) in [6.45, 7) is 8.77. The van der Waals surface area contributed by atoms with E-state index in [2.05, 4.69) is 17.6 Å². The molecule has 2 amide bonds. The van der Waals surface area contributed by atoms with Gasteiger partial charge in [-0.1, -0.05) is 34.1 Å². The minimum atomic E-state index is -0.729. The molecule has 0 aromatic carbocycles. The number of hydrogen-bond acceptors (Lipinski definition) is 2. The van der Waals surface area contributed by atoms with Gasteiger partial charge in [-0.05, 0) is 30.6 Å². The van der Waals surface area contributed by atoms with Crippen molar-refractivity contribution in [1.82, 2.24) is 10.6 Å². The smallest absolute Gasteiger partial charge is 0.315 e. The molecule has 20 heavy (non-hydrogen) atoms. The van der Waals surface area contributed by atoms with Crippen molar-refractivity contribution in [3.63, 3.8) is 0 Å². The van der Waals surface area contributed by atoms with Crippen molar-refractivity contribution in [2.45, 2.75) is 59.4 Å². The number of amides is 2. The molecule has 1 fully saturated rings. The summed E-state index contributed by atoms with van der Waals surface area (Å²) in [5.41, 5.74) is -0.314. The lowest BCUT2D eigenvalue weighted by atomic mass is 9.61. The molecule has 0 aromatic heterocycles. The molecule has 0 aromatic rings. The second-order valence-corrected chi connectivity index (χ2v) is 6.44. The van der Waals surface area contributed by atoms with Gasteiger partial charge in [0.2, 0.25) is 0 Å². The Morgan fingerprint density at radius 1 is 1.30 bits per heavy atom. The summed E-state index contributed by atoms with van der Waals surface area (Å²) in [5, 5.41) is 15.1. The van der Waals surface area contributed by atoms with Crippen molar-refractivity contribution in [2.24, 2.45) is 17.3 Å². The Morgan fingerprint density at radius 2 is 1.95 bits per heavy atom. The van der Waals surface area contributed by atoms with Crippen molar-refractivity contribution >= 4 is 12.0 Å². The van der Waals surface area contributed by atoms with Crippen LogP contribution in [0.25, 0.3) is 0 Å². The Balaban J connectivity index is 2.57. The van der Waals surface area contributed by atoms with Gasteiger partial charge in [0.1, 0.15) is 0 Å². The van der Waals surface area contributed by atoms with Crippen LogP contribution in [0.5, 0.6) is 0 Å². The van der Waals surface area contributed by atoms with Crippen molar-refractivity contribution in [3.05, 3.63) is 0 Å². The standard InChI is InChI=1S/C15H28N2O3/c1-5-6-9-16-14(20)17-12-8-7-11(13(18)19)15(3,4)10(12)2/h10-12H,5-9H2,1-4H3,(H,18,19)(H2,16,17,20). The lowest BCUT2D eigenvalue weighted by molar-refractivity contribution is -0.150. The number of carbonyl (C=O) groups excluding carboxylic acids is 1. The first-order valence-electron chi connectivity index (χ1n) is 7.57. The molecule has 3 atom stereocenters. The molecule has 1 aliphatic rings. The lowest BCUT2D eigenvalue weighted by Crippen LogP contribution is -2.54. The van der Waals surface area contributed by atoms with Gasteiger partial charge >= 0.3 is 12.0 Å². The van der Waals surface area contributed by atoms with Crippen LogP contribution in [-0.4, -0.2) is 29.7 Å². The molecule has 5 nitrogen and oxygen atoms in total. The fourth-order valence-electron chi connectivity index (χ4n) is 3.04. The molecule has 1 rings (SSSR count). The van der Waals surface area contributed by atoms with Crippen LogP contribution in [0.15, 0.2) is 0 Å². The molecule has 116 valence electrons. The second-order valence-electron chi connectivity index (χ2n) is 6.44. The van der Waals surface area contributed by atoms with Gasteiger partial charge in [0.15, 0.2) is 0 Å². The number of carboxylic acid groups (broad SMARTS) is 1. The molecular weight excluding hydrogens is 256 g/mol. The molecule has 3 unspecified atom stereocenters. The molecule has 0 bridgehead atoms. The highest BCUT2D eigenvalue weighted by molar-refractivity contribution is 5.74. The number of nitrogens with one attached hydrogen (secondary N) is 2. The SMILES string of the molecule is CCCCNC(=O)NC1CCC(C(=O)O)C(C)(C)C1C. The van der Waals surface area contributed by atoms with Crippen molar-refractivity contribution < 1.29 is 14.7 Å². The summed E-state index contributed by atoms with van der Waals surface area (Å²) in [6, 6.07) is -0.0953. The number of rotatable bonds is 5. The molecule has 0 heterocycles. The Morgan fingerprint density at radius 3 is 2.50 bits per heavy atom. The van der Waals surface area contributed by atoms with Crippen molar-refractivity contribution in [1.29, 1.82) is 0 Å². The molecule has 0 spiro atoms. The molecule has 0 aliphatic heterocycles. The van der Waals surface area contributed by atoms with Crippen molar-refractivity contribution in [2.75, 3.05) is 6.54 Å². The van der Waals surface area contributed by atoms with Crippen LogP contribution in [0, 0.1) is 17.3 Å². The van der Waals surface area contributed by atoms with E-state index in [1.165, 1.54) is 0 Å². The fraction of sp³-hybridized carbons (Fsp3) is 0.867. The second kappa shape index (κ2) is 6.95. The highest BCUT2D eigenvalue weighted by Crippen LogP contribution is 2.44. The molecule has 1 aliphatic carbocycles. The van der Waals surface area contributed by atoms with E-state index in [-0.39, 0.29) is 29.3 Å². The van der Waals surface area contributed by atoms with Crippen LogP contribution in [0.3, 0.4) is 0 Å². The van der Waals surface area contributed by atoms with Gasteiger partial charge in [-0.25, -0.2) is 4.79 Å². The maximum atomic E-state index is 11.8. The van der Waals surface area contributed by atoms with Crippen LogP contribution in [0.1, 0.15) is 53.4 Å². The summed E-state index contributed by atoms with van der Waals surface area (Å²) in [5.74, 6) is -0.930. The Labute approximate surface area is 121 Å². The number of hydrogen-bond donors (Lipinski definition) is 3. The Hall–Kier alpha value is -1.26. The topological polar surface area (TPSA) is 78.4 Å². The zero-order chi connectivity index (χ0) is 15.3. The third-order valence-electron chi connectivity index (χ3n) is 4.87. The van der Waals surface area contributed by atoms with Crippen LogP contribution >= 0.6 is 0 Å². The van der Waals surface area contributed by atoms with E-state index in [1.807, 2.05) is 20.8 Å². The number of aliphatic carboxylic acids is 1. The first-order chi connectivity index (χ1) is 9.30. The molecule has 5 heteroatoms. The van der Waals surface area contributed by atoms with Gasteiger partial charge in [0.25, 0.3) is 0 Å². The van der Waals surface area contributed by atoms with Gasteiger partial charge < -0.3 is 15.7 Å². The van der Waals surface area contributed by atoms with E-state index in [9.17, 15) is 14.7 Å². The number of carbonyl (C=O) groups is 2. The van der Waals surface area contributed by atoms with E-state index in [1.54, 1.807) is 0 Å². The Bertz CT molecular complexity index is 355. The zero-order valence-electron chi connectivity index (χ0n) is 13.0.